The van der Waals surface area contributed by atoms with E-state index in [9.17, 15) is 19.7 Å². The molecule has 0 unspecified atom stereocenters. The first-order chi connectivity index (χ1) is 16.9. The number of hydrogen-bond acceptors (Lipinski definition) is 7. The smallest absolute Gasteiger partial charge is 0.336 e. The standard InChI is InChI=1S/C27H28N2O5S/c1-3-35-13-12-34-27(31)24-17(2)28-22-15-20(18-8-5-4-6-9-18)16-23(30)26(22)25(24)19-10-7-11-21(14-19)29(32)33/h4-11,14,20,25,28H,3,12-13,15-16H2,1-2H3/t20-,25+/m1/s1. The second kappa shape index (κ2) is 10.9. The van der Waals surface area contributed by atoms with E-state index >= 15 is 0 Å². The average molecular weight is 493 g/mol. The Bertz CT molecular complexity index is 1210. The molecule has 2 aromatic rings. The van der Waals surface area contributed by atoms with Gasteiger partial charge in [-0.15, -0.1) is 0 Å². The fraction of sp³-hybridized carbons (Fsp3) is 0.333. The maximum Gasteiger partial charge on any atom is 0.336 e. The largest absolute Gasteiger partial charge is 0.461 e. The van der Waals surface area contributed by atoms with E-state index in [0.717, 1.165) is 17.0 Å². The number of nitrogens with one attached hydrogen (secondary N) is 1. The molecule has 0 bridgehead atoms. The van der Waals surface area contributed by atoms with Crippen molar-refractivity contribution in [3.05, 3.63) is 98.4 Å². The Morgan fingerprint density at radius 3 is 2.60 bits per heavy atom. The molecule has 2 atom stereocenters. The molecule has 1 aliphatic heterocycles. The zero-order valence-electron chi connectivity index (χ0n) is 19.8. The van der Waals surface area contributed by atoms with Crippen LogP contribution in [0.5, 0.6) is 0 Å². The zero-order valence-corrected chi connectivity index (χ0v) is 20.6. The number of benzene rings is 2. The Morgan fingerprint density at radius 1 is 1.14 bits per heavy atom. The number of ketones is 1. The first kappa shape index (κ1) is 24.7. The van der Waals surface area contributed by atoms with E-state index in [0.29, 0.717) is 41.0 Å². The number of dihydropyridines is 1. The van der Waals surface area contributed by atoms with Crippen LogP contribution in [0.3, 0.4) is 0 Å². The van der Waals surface area contributed by atoms with E-state index in [2.05, 4.69) is 5.32 Å². The number of non-ortho nitro benzene ring substituents is 1. The van der Waals surface area contributed by atoms with Gasteiger partial charge >= 0.3 is 5.97 Å². The lowest BCUT2D eigenvalue weighted by Crippen LogP contribution is -2.36. The number of nitrogens with zero attached hydrogens (tertiary/aromatic N) is 1. The number of nitro groups is 1. The van der Waals surface area contributed by atoms with Gasteiger partial charge in [0.1, 0.15) is 6.61 Å². The number of ether oxygens (including phenoxy) is 1. The molecule has 0 amide bonds. The SMILES string of the molecule is CCSCCOC(=O)C1=C(C)NC2=C(C(=O)C[C@H](c3ccccc3)C2)[C@H]1c1cccc([N+](=O)[O-])c1. The van der Waals surface area contributed by atoms with Gasteiger partial charge in [-0.05, 0) is 36.1 Å². The number of Topliss-reactive ketones (excluding diaryl/α,β-unsaturated/α-hetero) is 1. The molecule has 0 saturated heterocycles. The third kappa shape index (κ3) is 5.32. The molecule has 4 rings (SSSR count). The molecule has 1 heterocycles. The summed E-state index contributed by atoms with van der Waals surface area (Å²) in [5, 5.41) is 14.8. The minimum absolute atomic E-state index is 0.0214. The molecule has 0 aromatic heterocycles. The van der Waals surface area contributed by atoms with Gasteiger partial charge in [0.2, 0.25) is 0 Å². The Labute approximate surface area is 208 Å². The van der Waals surface area contributed by atoms with Crippen LogP contribution in [0, 0.1) is 10.1 Å². The van der Waals surface area contributed by atoms with E-state index in [-0.39, 0.29) is 24.0 Å². The fourth-order valence-corrected chi connectivity index (χ4v) is 5.33. The van der Waals surface area contributed by atoms with Crippen LogP contribution in [0.15, 0.2) is 77.1 Å². The van der Waals surface area contributed by atoms with Gasteiger partial charge in [0.15, 0.2) is 5.78 Å². The summed E-state index contributed by atoms with van der Waals surface area (Å²) in [5.41, 5.74) is 3.74. The third-order valence-corrected chi connectivity index (χ3v) is 7.26. The predicted octanol–water partition coefficient (Wildman–Crippen LogP) is 5.25. The van der Waals surface area contributed by atoms with E-state index in [1.54, 1.807) is 30.8 Å². The van der Waals surface area contributed by atoms with Crippen molar-refractivity contribution in [1.82, 2.24) is 5.32 Å². The summed E-state index contributed by atoms with van der Waals surface area (Å²) in [4.78, 5) is 37.8. The fourth-order valence-electron chi connectivity index (χ4n) is 4.84. The van der Waals surface area contributed by atoms with Crippen molar-refractivity contribution >= 4 is 29.2 Å². The first-order valence-corrected chi connectivity index (χ1v) is 12.8. The molecule has 0 saturated carbocycles. The molecule has 0 spiro atoms. The van der Waals surface area contributed by atoms with Crippen molar-refractivity contribution in [2.75, 3.05) is 18.1 Å². The number of carbonyl (C=O) groups is 2. The van der Waals surface area contributed by atoms with E-state index in [1.165, 1.54) is 12.1 Å². The molecule has 0 fully saturated rings. The normalized spacial score (nSPS) is 19.8. The van der Waals surface area contributed by atoms with Crippen LogP contribution in [-0.4, -0.2) is 34.8 Å². The van der Waals surface area contributed by atoms with E-state index in [1.807, 2.05) is 37.3 Å². The minimum Gasteiger partial charge on any atom is -0.461 e. The predicted molar refractivity (Wildman–Crippen MR) is 136 cm³/mol. The second-order valence-corrected chi connectivity index (χ2v) is 10.0. The monoisotopic (exact) mass is 492 g/mol. The third-order valence-electron chi connectivity index (χ3n) is 6.40. The summed E-state index contributed by atoms with van der Waals surface area (Å²) in [6.45, 7) is 4.09. The summed E-state index contributed by atoms with van der Waals surface area (Å²) < 4.78 is 5.56. The second-order valence-electron chi connectivity index (χ2n) is 8.61. The molecule has 2 aromatic carbocycles. The molecule has 1 N–H and O–H groups in total. The van der Waals surface area contributed by atoms with Crippen molar-refractivity contribution in [2.45, 2.75) is 38.5 Å². The van der Waals surface area contributed by atoms with Crippen LogP contribution >= 0.6 is 11.8 Å². The van der Waals surface area contributed by atoms with Gasteiger partial charge < -0.3 is 10.1 Å². The number of hydrogen-bond donors (Lipinski definition) is 1. The van der Waals surface area contributed by atoms with Gasteiger partial charge in [-0.3, -0.25) is 14.9 Å². The number of thioether (sulfide) groups is 1. The number of rotatable bonds is 8. The van der Waals surface area contributed by atoms with Crippen molar-refractivity contribution < 1.29 is 19.2 Å². The highest BCUT2D eigenvalue weighted by molar-refractivity contribution is 7.99. The molecule has 1 aliphatic carbocycles. The lowest BCUT2D eigenvalue weighted by atomic mass is 9.71. The van der Waals surface area contributed by atoms with Gasteiger partial charge in [-0.1, -0.05) is 49.4 Å². The highest BCUT2D eigenvalue weighted by Gasteiger charge is 2.41. The van der Waals surface area contributed by atoms with Gasteiger partial charge in [-0.25, -0.2) is 4.79 Å². The van der Waals surface area contributed by atoms with Crippen LogP contribution in [0.4, 0.5) is 5.69 Å². The molecule has 7 nitrogen and oxygen atoms in total. The highest BCUT2D eigenvalue weighted by atomic mass is 32.2. The lowest BCUT2D eigenvalue weighted by Gasteiger charge is -2.36. The maximum atomic E-state index is 13.6. The van der Waals surface area contributed by atoms with Crippen molar-refractivity contribution in [1.29, 1.82) is 0 Å². The Hall–Kier alpha value is -3.39. The number of nitro benzene ring substituents is 1. The van der Waals surface area contributed by atoms with Gasteiger partial charge in [0.25, 0.3) is 5.69 Å². The summed E-state index contributed by atoms with van der Waals surface area (Å²) in [6.07, 6.45) is 0.924. The summed E-state index contributed by atoms with van der Waals surface area (Å²) in [6, 6.07) is 16.1. The first-order valence-electron chi connectivity index (χ1n) is 11.7. The van der Waals surface area contributed by atoms with Crippen molar-refractivity contribution in [2.24, 2.45) is 0 Å². The molecule has 8 heteroatoms. The molecular weight excluding hydrogens is 464 g/mol. The van der Waals surface area contributed by atoms with Crippen LogP contribution in [0.2, 0.25) is 0 Å². The van der Waals surface area contributed by atoms with Crippen LogP contribution in [0.1, 0.15) is 49.7 Å². The Balaban J connectivity index is 1.75. The highest BCUT2D eigenvalue weighted by Crippen LogP contribution is 2.46. The zero-order chi connectivity index (χ0) is 24.9. The molecule has 35 heavy (non-hydrogen) atoms. The van der Waals surface area contributed by atoms with E-state index < -0.39 is 16.8 Å². The topological polar surface area (TPSA) is 98.5 Å². The van der Waals surface area contributed by atoms with Crippen LogP contribution in [-0.2, 0) is 14.3 Å². The van der Waals surface area contributed by atoms with Crippen LogP contribution in [0.25, 0.3) is 0 Å². The van der Waals surface area contributed by atoms with Gasteiger partial charge in [-0.2, -0.15) is 11.8 Å². The molecule has 0 radical (unpaired) electrons. The van der Waals surface area contributed by atoms with Gasteiger partial charge in [0, 0.05) is 47.2 Å². The van der Waals surface area contributed by atoms with Crippen LogP contribution < -0.4 is 5.32 Å². The average Bonchev–Trinajstić information content (AvgIpc) is 2.86. The lowest BCUT2D eigenvalue weighted by molar-refractivity contribution is -0.384. The van der Waals surface area contributed by atoms with E-state index in [4.69, 9.17) is 4.74 Å². The minimum atomic E-state index is -0.721. The molecule has 2 aliphatic rings. The van der Waals surface area contributed by atoms with Crippen molar-refractivity contribution in [3.63, 3.8) is 0 Å². The Morgan fingerprint density at radius 2 is 1.89 bits per heavy atom. The number of esters is 1. The summed E-state index contributed by atoms with van der Waals surface area (Å²) in [7, 11) is 0. The summed E-state index contributed by atoms with van der Waals surface area (Å²) in [5.74, 6) is 0.325. The number of carbonyl (C=O) groups excluding carboxylic acids is 2. The quantitative estimate of drug-likeness (QED) is 0.232. The maximum absolute atomic E-state index is 13.6. The number of allylic oxidation sites excluding steroid dienone is 3. The molecular formula is C27H28N2O5S. The van der Waals surface area contributed by atoms with Gasteiger partial charge in [0.05, 0.1) is 10.5 Å². The van der Waals surface area contributed by atoms with Crippen molar-refractivity contribution in [3.8, 4) is 0 Å². The molecule has 182 valence electrons. The Kier molecular flexibility index (Phi) is 7.70. The summed E-state index contributed by atoms with van der Waals surface area (Å²) >= 11 is 1.67.